The van der Waals surface area contributed by atoms with E-state index in [1.165, 1.54) is 19.5 Å². The summed E-state index contributed by atoms with van der Waals surface area (Å²) in [6.45, 7) is 1.86. The van der Waals surface area contributed by atoms with Crippen LogP contribution in [0.15, 0.2) is 36.8 Å². The van der Waals surface area contributed by atoms with Gasteiger partial charge in [0, 0.05) is 66.7 Å². The molecule has 1 fully saturated rings. The summed E-state index contributed by atoms with van der Waals surface area (Å²) in [5.74, 6) is 1.26. The van der Waals surface area contributed by atoms with Gasteiger partial charge in [0.2, 0.25) is 0 Å². The Balaban J connectivity index is 1.60. The molecule has 0 unspecified atom stereocenters. The molecule has 2 aromatic heterocycles. The van der Waals surface area contributed by atoms with Crippen LogP contribution in [-0.2, 0) is 6.61 Å². The fraction of sp³-hybridized carbons (Fsp3) is 0.280. The molecule has 1 aliphatic heterocycles. The third-order valence-corrected chi connectivity index (χ3v) is 6.70. The number of halogens is 2. The highest BCUT2D eigenvalue weighted by Crippen LogP contribution is 2.35. The molecule has 0 amide bonds. The number of nitrogens with one attached hydrogen (secondary N) is 2. The van der Waals surface area contributed by atoms with Crippen LogP contribution >= 0.6 is 23.2 Å². The highest BCUT2D eigenvalue weighted by Gasteiger charge is 2.40. The van der Waals surface area contributed by atoms with E-state index in [0.29, 0.717) is 74.9 Å². The summed E-state index contributed by atoms with van der Waals surface area (Å²) < 4.78 is 11.4. The Hall–Kier alpha value is -3.62. The molecule has 0 atom stereocenters. The van der Waals surface area contributed by atoms with Gasteiger partial charge < -0.3 is 31.2 Å². The minimum Gasteiger partial charge on any atom is -0.493 e. The van der Waals surface area contributed by atoms with E-state index < -0.39 is 0 Å². The molecule has 1 aliphatic rings. The Kier molecular flexibility index (Phi) is 7.71. The number of nitrogens with two attached hydrogens (primary N) is 2. The van der Waals surface area contributed by atoms with Crippen molar-refractivity contribution in [2.45, 2.75) is 12.1 Å². The topological polar surface area (TPSA) is 159 Å². The number of benzene rings is 1. The number of hydrogen-bond donors (Lipinski definition) is 4. The van der Waals surface area contributed by atoms with Crippen LogP contribution in [0.1, 0.15) is 22.3 Å². The smallest absolute Gasteiger partial charge is 0.162 e. The minimum absolute atomic E-state index is 0.0497. The van der Waals surface area contributed by atoms with Gasteiger partial charge >= 0.3 is 0 Å². The number of nitriles is 1. The summed E-state index contributed by atoms with van der Waals surface area (Å²) >= 11 is 12.4. The van der Waals surface area contributed by atoms with Gasteiger partial charge in [0.1, 0.15) is 18.5 Å². The Morgan fingerprint density at radius 1 is 1.22 bits per heavy atom. The first-order valence-electron chi connectivity index (χ1n) is 11.3. The lowest BCUT2D eigenvalue weighted by Gasteiger charge is -2.48. The lowest BCUT2D eigenvalue weighted by molar-refractivity contribution is 0.284. The molecule has 4 rings (SSSR count). The van der Waals surface area contributed by atoms with Crippen molar-refractivity contribution in [3.05, 3.63) is 69.1 Å². The predicted molar refractivity (Wildman–Crippen MR) is 144 cm³/mol. The first-order chi connectivity index (χ1) is 17.7. The third-order valence-electron chi connectivity index (χ3n) is 6.05. The van der Waals surface area contributed by atoms with E-state index in [2.05, 4.69) is 21.4 Å². The maximum atomic E-state index is 9.77. The van der Waals surface area contributed by atoms with Gasteiger partial charge in [-0.1, -0.05) is 23.2 Å². The molecule has 3 heterocycles. The van der Waals surface area contributed by atoms with Gasteiger partial charge in [-0.3, -0.25) is 10.4 Å². The van der Waals surface area contributed by atoms with Crippen LogP contribution in [-0.4, -0.2) is 55.0 Å². The molecule has 0 radical (unpaired) electrons. The molecule has 0 bridgehead atoms. The zero-order chi connectivity index (χ0) is 26.7. The van der Waals surface area contributed by atoms with E-state index >= 15 is 0 Å². The first kappa shape index (κ1) is 26.4. The molecule has 0 aliphatic carbocycles. The molecule has 1 saturated heterocycles. The fourth-order valence-corrected chi connectivity index (χ4v) is 4.68. The number of ether oxygens (including phenoxy) is 2. The van der Waals surface area contributed by atoms with Crippen molar-refractivity contribution in [3.63, 3.8) is 0 Å². The molecule has 37 heavy (non-hydrogen) atoms. The average Bonchev–Trinajstić information content (AvgIpc) is 2.86. The van der Waals surface area contributed by atoms with Crippen LogP contribution in [0.3, 0.4) is 0 Å². The molecule has 0 spiro atoms. The van der Waals surface area contributed by atoms with Gasteiger partial charge in [-0.25, -0.2) is 4.98 Å². The normalized spacial score (nSPS) is 14.0. The molecular formula is C25H26Cl2N8O2. The monoisotopic (exact) mass is 540 g/mol. The number of methoxy groups -OCH3 is 1. The lowest BCUT2D eigenvalue weighted by atomic mass is 9.90. The van der Waals surface area contributed by atoms with Crippen LogP contribution in [0.25, 0.3) is 0 Å². The number of nitrogen functional groups attached to an aromatic ring is 1. The molecule has 0 saturated carbocycles. The Morgan fingerprint density at radius 2 is 1.92 bits per heavy atom. The number of pyridine rings is 2. The molecule has 6 N–H and O–H groups in total. The van der Waals surface area contributed by atoms with Crippen molar-refractivity contribution in [3.8, 4) is 17.6 Å². The Labute approximate surface area is 224 Å². The first-order valence-corrected chi connectivity index (χ1v) is 12.0. The summed E-state index contributed by atoms with van der Waals surface area (Å²) in [5.41, 5.74) is 14.3. The quantitative estimate of drug-likeness (QED) is 0.236. The average molecular weight is 541 g/mol. The van der Waals surface area contributed by atoms with Crippen LogP contribution in [0, 0.1) is 16.7 Å². The summed E-state index contributed by atoms with van der Waals surface area (Å²) in [4.78, 5) is 10.4. The third kappa shape index (κ3) is 5.40. The number of hydrogen-bond acceptors (Lipinski definition) is 10. The van der Waals surface area contributed by atoms with E-state index in [1.807, 2.05) is 11.9 Å². The maximum absolute atomic E-state index is 9.77. The molecule has 3 aromatic rings. The van der Waals surface area contributed by atoms with Gasteiger partial charge in [0.05, 0.1) is 34.0 Å². The number of aromatic nitrogens is 2. The van der Waals surface area contributed by atoms with Crippen molar-refractivity contribution >= 4 is 40.4 Å². The molecule has 192 valence electrons. The molecule has 1 aromatic carbocycles. The van der Waals surface area contributed by atoms with E-state index in [1.54, 1.807) is 24.4 Å². The fourth-order valence-electron chi connectivity index (χ4n) is 4.20. The van der Waals surface area contributed by atoms with Crippen molar-refractivity contribution < 1.29 is 9.47 Å². The second-order valence-electron chi connectivity index (χ2n) is 8.79. The number of likely N-dealkylation sites (N-methyl/N-ethyl adjacent to an activating group) is 1. The van der Waals surface area contributed by atoms with Gasteiger partial charge in [0.15, 0.2) is 11.5 Å². The van der Waals surface area contributed by atoms with Crippen LogP contribution < -0.4 is 31.2 Å². The van der Waals surface area contributed by atoms with E-state index in [4.69, 9.17) is 49.6 Å². The second-order valence-corrected chi connectivity index (χ2v) is 9.61. The highest BCUT2D eigenvalue weighted by molar-refractivity contribution is 6.35. The van der Waals surface area contributed by atoms with Gasteiger partial charge in [0.25, 0.3) is 0 Å². The summed E-state index contributed by atoms with van der Waals surface area (Å²) in [6.07, 6.45) is 4.50. The van der Waals surface area contributed by atoms with E-state index in [0.717, 1.165) is 0 Å². The van der Waals surface area contributed by atoms with Crippen LogP contribution in [0.4, 0.5) is 11.5 Å². The molecular weight excluding hydrogens is 515 g/mol. The highest BCUT2D eigenvalue weighted by atomic mass is 35.5. The minimum atomic E-state index is -0.368. The standard InChI is InChI=1S/C25H26Cl2N8O2/c1-32-11-25(31)12-35(13-25)24-14(6-28)3-15(7-34-24)23(30)16-4-22(21(36-2)5-20(16)29)37-10-17-18(26)8-33-9-19(17)27/h3-5,7-9,30,32H,10-13,29,31H2,1-2H3. The van der Waals surface area contributed by atoms with Crippen molar-refractivity contribution in [1.82, 2.24) is 15.3 Å². The van der Waals surface area contributed by atoms with Gasteiger partial charge in [-0.05, 0) is 19.2 Å². The second kappa shape index (κ2) is 10.8. The molecule has 12 heteroatoms. The number of nitrogens with zero attached hydrogens (tertiary/aromatic N) is 4. The van der Waals surface area contributed by atoms with Crippen molar-refractivity contribution in [2.75, 3.05) is 44.4 Å². The summed E-state index contributed by atoms with van der Waals surface area (Å²) in [5, 5.41) is 22.4. The Bertz CT molecular complexity index is 1370. The Morgan fingerprint density at radius 3 is 2.54 bits per heavy atom. The predicted octanol–water partition coefficient (Wildman–Crippen LogP) is 2.98. The van der Waals surface area contributed by atoms with Crippen LogP contribution in [0.2, 0.25) is 10.0 Å². The van der Waals surface area contributed by atoms with Gasteiger partial charge in [-0.15, -0.1) is 0 Å². The summed E-state index contributed by atoms with van der Waals surface area (Å²) in [6, 6.07) is 6.99. The molecule has 10 nitrogen and oxygen atoms in total. The van der Waals surface area contributed by atoms with Crippen molar-refractivity contribution in [2.24, 2.45) is 5.73 Å². The van der Waals surface area contributed by atoms with Gasteiger partial charge in [-0.2, -0.15) is 5.26 Å². The van der Waals surface area contributed by atoms with E-state index in [-0.39, 0.29) is 17.9 Å². The van der Waals surface area contributed by atoms with Crippen LogP contribution in [0.5, 0.6) is 11.5 Å². The largest absolute Gasteiger partial charge is 0.493 e. The summed E-state index contributed by atoms with van der Waals surface area (Å²) in [7, 11) is 3.34. The zero-order valence-corrected chi connectivity index (χ0v) is 21.8. The SMILES string of the molecule is CNCC1(N)CN(c2ncc(C(=N)c3cc(OCc4c(Cl)cncc4Cl)c(OC)cc3N)cc2C#N)C1. The maximum Gasteiger partial charge on any atom is 0.162 e. The lowest BCUT2D eigenvalue weighted by Crippen LogP contribution is -2.71. The zero-order valence-electron chi connectivity index (χ0n) is 20.3. The number of rotatable bonds is 9. The van der Waals surface area contributed by atoms with E-state index in [9.17, 15) is 5.26 Å². The van der Waals surface area contributed by atoms with Crippen molar-refractivity contribution in [1.29, 1.82) is 10.7 Å². The number of anilines is 2.